The zero-order chi connectivity index (χ0) is 24.2. The number of piperazine rings is 1. The molecule has 8 nitrogen and oxygen atoms in total. The first-order chi connectivity index (χ1) is 17.1. The Kier molecular flexibility index (Phi) is 7.06. The number of hydrogen-bond acceptors (Lipinski definition) is 5. The van der Waals surface area contributed by atoms with Gasteiger partial charge in [0.2, 0.25) is 5.91 Å². The number of anilines is 2. The van der Waals surface area contributed by atoms with Crippen LogP contribution in [0.1, 0.15) is 65.9 Å². The topological polar surface area (TPSA) is 86.1 Å². The number of nitrogens with one attached hydrogen (secondary N) is 1. The molecule has 0 bridgehead atoms. The Balaban J connectivity index is 1.34. The first-order valence-electron chi connectivity index (χ1n) is 12.9. The molecule has 1 aromatic heterocycles. The molecule has 5 rings (SSSR count). The van der Waals surface area contributed by atoms with Gasteiger partial charge >= 0.3 is 0 Å². The molecule has 0 spiro atoms. The number of carbonyl (C=O) groups is 3. The second kappa shape index (κ2) is 10.5. The minimum absolute atomic E-state index is 0.00161. The summed E-state index contributed by atoms with van der Waals surface area (Å²) in [4.78, 5) is 45.1. The van der Waals surface area contributed by atoms with Gasteiger partial charge in [-0.15, -0.1) is 0 Å². The summed E-state index contributed by atoms with van der Waals surface area (Å²) < 4.78 is 5.20. The number of piperidine rings is 1. The van der Waals surface area contributed by atoms with E-state index in [0.717, 1.165) is 63.7 Å². The van der Waals surface area contributed by atoms with E-state index in [1.54, 1.807) is 18.2 Å². The highest BCUT2D eigenvalue weighted by atomic mass is 16.3. The summed E-state index contributed by atoms with van der Waals surface area (Å²) in [6.45, 7) is 4.23. The van der Waals surface area contributed by atoms with Gasteiger partial charge in [-0.05, 0) is 62.4 Å². The number of benzene rings is 1. The second-order valence-electron chi connectivity index (χ2n) is 9.81. The van der Waals surface area contributed by atoms with Crippen LogP contribution < -0.4 is 10.2 Å². The number of hydrogen-bond donors (Lipinski definition) is 1. The van der Waals surface area contributed by atoms with Crippen LogP contribution in [0.5, 0.6) is 0 Å². The van der Waals surface area contributed by atoms with Crippen molar-refractivity contribution in [1.82, 2.24) is 9.80 Å². The lowest BCUT2D eigenvalue weighted by atomic mass is 10.0. The number of furan rings is 1. The maximum atomic E-state index is 13.6. The van der Waals surface area contributed by atoms with Crippen LogP contribution in [0.4, 0.5) is 11.4 Å². The summed E-state index contributed by atoms with van der Waals surface area (Å²) in [6.07, 6.45) is 8.96. The molecule has 0 atom stereocenters. The summed E-state index contributed by atoms with van der Waals surface area (Å²) in [5, 5.41) is 2.85. The van der Waals surface area contributed by atoms with Gasteiger partial charge in [0, 0.05) is 56.6 Å². The predicted molar refractivity (Wildman–Crippen MR) is 134 cm³/mol. The second-order valence-corrected chi connectivity index (χ2v) is 9.81. The van der Waals surface area contributed by atoms with Crippen molar-refractivity contribution in [2.45, 2.75) is 44.9 Å². The molecule has 1 N–H and O–H groups in total. The molecule has 2 saturated heterocycles. The molecule has 3 fully saturated rings. The van der Waals surface area contributed by atoms with Crippen LogP contribution in [0, 0.1) is 5.92 Å². The van der Waals surface area contributed by atoms with Gasteiger partial charge in [-0.2, -0.15) is 0 Å². The molecular formula is C27H34N4O4. The third-order valence-corrected chi connectivity index (χ3v) is 7.51. The number of nitrogens with zero attached hydrogens (tertiary/aromatic N) is 3. The average molecular weight is 479 g/mol. The standard InChI is InChI=1S/C27H34N4O4/c32-25(24-9-6-18-35-24)28-21-10-11-23(22(19-21)27(34)30-12-4-1-5-13-30)29-14-16-31(17-15-29)26(33)20-7-2-3-8-20/h6,9-11,18-20H,1-5,7-8,12-17H2,(H,28,32). The fourth-order valence-corrected chi connectivity index (χ4v) is 5.53. The summed E-state index contributed by atoms with van der Waals surface area (Å²) in [7, 11) is 0. The Morgan fingerprint density at radius 1 is 0.829 bits per heavy atom. The molecule has 3 heterocycles. The maximum Gasteiger partial charge on any atom is 0.291 e. The summed E-state index contributed by atoms with van der Waals surface area (Å²) >= 11 is 0. The van der Waals surface area contributed by atoms with Gasteiger partial charge in [-0.1, -0.05) is 12.8 Å². The molecule has 35 heavy (non-hydrogen) atoms. The molecule has 1 saturated carbocycles. The molecule has 3 aliphatic rings. The van der Waals surface area contributed by atoms with Gasteiger partial charge in [0.15, 0.2) is 5.76 Å². The Morgan fingerprint density at radius 2 is 1.57 bits per heavy atom. The lowest BCUT2D eigenvalue weighted by molar-refractivity contribution is -0.135. The van der Waals surface area contributed by atoms with E-state index in [0.29, 0.717) is 43.3 Å². The lowest BCUT2D eigenvalue weighted by Gasteiger charge is -2.38. The molecule has 2 aliphatic heterocycles. The molecule has 1 aromatic carbocycles. The SMILES string of the molecule is O=C(Nc1ccc(N2CCN(C(=O)C3CCCC3)CC2)c(C(=O)N2CCCCC2)c1)c1ccco1. The fraction of sp³-hybridized carbons (Fsp3) is 0.519. The smallest absolute Gasteiger partial charge is 0.291 e. The minimum Gasteiger partial charge on any atom is -0.459 e. The number of rotatable bonds is 5. The molecule has 8 heteroatoms. The van der Waals surface area contributed by atoms with Gasteiger partial charge in [-0.3, -0.25) is 14.4 Å². The minimum atomic E-state index is -0.349. The summed E-state index contributed by atoms with van der Waals surface area (Å²) in [5.74, 6) is 0.357. The van der Waals surface area contributed by atoms with Crippen molar-refractivity contribution in [3.63, 3.8) is 0 Å². The molecule has 0 radical (unpaired) electrons. The molecule has 3 amide bonds. The van der Waals surface area contributed by atoms with Crippen molar-refractivity contribution < 1.29 is 18.8 Å². The number of carbonyl (C=O) groups excluding carboxylic acids is 3. The van der Waals surface area contributed by atoms with E-state index in [-0.39, 0.29) is 23.5 Å². The van der Waals surface area contributed by atoms with Crippen LogP contribution >= 0.6 is 0 Å². The van der Waals surface area contributed by atoms with Crippen LogP contribution in [0.2, 0.25) is 0 Å². The van der Waals surface area contributed by atoms with Crippen LogP contribution in [-0.4, -0.2) is 66.8 Å². The number of amides is 3. The third kappa shape index (κ3) is 5.21. The van der Waals surface area contributed by atoms with Gasteiger partial charge < -0.3 is 24.4 Å². The first kappa shape index (κ1) is 23.5. The highest BCUT2D eigenvalue weighted by molar-refractivity contribution is 6.05. The zero-order valence-electron chi connectivity index (χ0n) is 20.2. The van der Waals surface area contributed by atoms with Crippen molar-refractivity contribution in [2.75, 3.05) is 49.5 Å². The first-order valence-corrected chi connectivity index (χ1v) is 12.9. The lowest BCUT2D eigenvalue weighted by Crippen LogP contribution is -2.50. The fourth-order valence-electron chi connectivity index (χ4n) is 5.53. The van der Waals surface area contributed by atoms with E-state index in [2.05, 4.69) is 10.2 Å². The quantitative estimate of drug-likeness (QED) is 0.702. The van der Waals surface area contributed by atoms with E-state index in [9.17, 15) is 14.4 Å². The van der Waals surface area contributed by atoms with Crippen molar-refractivity contribution in [3.8, 4) is 0 Å². The van der Waals surface area contributed by atoms with Crippen molar-refractivity contribution in [3.05, 3.63) is 47.9 Å². The highest BCUT2D eigenvalue weighted by Gasteiger charge is 2.31. The average Bonchev–Trinajstić information content (AvgIpc) is 3.64. The van der Waals surface area contributed by atoms with Crippen LogP contribution in [0.3, 0.4) is 0 Å². The van der Waals surface area contributed by atoms with E-state index >= 15 is 0 Å². The normalized spacial score (nSPS) is 19.1. The predicted octanol–water partition coefficient (Wildman–Crippen LogP) is 4.00. The Bertz CT molecular complexity index is 1050. The van der Waals surface area contributed by atoms with Crippen molar-refractivity contribution >= 4 is 29.1 Å². The van der Waals surface area contributed by atoms with Gasteiger partial charge in [0.05, 0.1) is 11.8 Å². The Labute approximate surface area is 206 Å². The molecule has 186 valence electrons. The monoisotopic (exact) mass is 478 g/mol. The number of likely N-dealkylation sites (tertiary alicyclic amines) is 1. The van der Waals surface area contributed by atoms with E-state index < -0.39 is 0 Å². The summed E-state index contributed by atoms with van der Waals surface area (Å²) in [5.41, 5.74) is 2.02. The zero-order valence-corrected chi connectivity index (χ0v) is 20.2. The maximum absolute atomic E-state index is 13.6. The van der Waals surface area contributed by atoms with Crippen molar-refractivity contribution in [2.24, 2.45) is 5.92 Å². The summed E-state index contributed by atoms with van der Waals surface area (Å²) in [6, 6.07) is 8.81. The molecule has 1 aliphatic carbocycles. The third-order valence-electron chi connectivity index (χ3n) is 7.51. The van der Waals surface area contributed by atoms with E-state index in [4.69, 9.17) is 4.42 Å². The largest absolute Gasteiger partial charge is 0.459 e. The highest BCUT2D eigenvalue weighted by Crippen LogP contribution is 2.30. The Hall–Kier alpha value is -3.29. The molecule has 0 unspecified atom stereocenters. The van der Waals surface area contributed by atoms with Crippen LogP contribution in [-0.2, 0) is 4.79 Å². The molecular weight excluding hydrogens is 444 g/mol. The van der Waals surface area contributed by atoms with Gasteiger partial charge in [-0.25, -0.2) is 0 Å². The van der Waals surface area contributed by atoms with Gasteiger partial charge in [0.25, 0.3) is 11.8 Å². The van der Waals surface area contributed by atoms with E-state index in [1.165, 1.54) is 6.26 Å². The Morgan fingerprint density at radius 3 is 2.26 bits per heavy atom. The van der Waals surface area contributed by atoms with Crippen molar-refractivity contribution in [1.29, 1.82) is 0 Å². The van der Waals surface area contributed by atoms with E-state index in [1.807, 2.05) is 21.9 Å². The van der Waals surface area contributed by atoms with Gasteiger partial charge in [0.1, 0.15) is 0 Å². The van der Waals surface area contributed by atoms with Crippen LogP contribution in [0.25, 0.3) is 0 Å². The van der Waals surface area contributed by atoms with Crippen LogP contribution in [0.15, 0.2) is 41.0 Å². The molecule has 2 aromatic rings.